The first-order valence-electron chi connectivity index (χ1n) is 16.5. The number of likely N-dealkylation sites (N-methyl/N-ethyl adjacent to an activating group) is 1. The highest BCUT2D eigenvalue weighted by Crippen LogP contribution is 2.41. The summed E-state index contributed by atoms with van der Waals surface area (Å²) in [4.78, 5) is 46.2. The molecule has 2 amide bonds. The summed E-state index contributed by atoms with van der Waals surface area (Å²) in [6, 6.07) is 21.8. The summed E-state index contributed by atoms with van der Waals surface area (Å²) < 4.78 is 11.0. The van der Waals surface area contributed by atoms with Gasteiger partial charge in [-0.2, -0.15) is 0 Å². The number of Topliss-reactive ketones (excluding diaryl/α,β-unsaturated/α-hetero) is 1. The molecule has 252 valence electrons. The van der Waals surface area contributed by atoms with Gasteiger partial charge >= 0.3 is 0 Å². The first-order valence-corrected chi connectivity index (χ1v) is 16.5. The second kappa shape index (κ2) is 16.6. The molecule has 0 bridgehead atoms. The van der Waals surface area contributed by atoms with E-state index in [0.717, 1.165) is 50.3 Å². The number of ketones is 1. The number of ether oxygens (including phenoxy) is 2. The van der Waals surface area contributed by atoms with Crippen molar-refractivity contribution >= 4 is 23.3 Å². The van der Waals surface area contributed by atoms with Crippen LogP contribution in [-0.4, -0.2) is 93.3 Å². The molecule has 3 aromatic carbocycles. The standard InChI is InChI=1S/C33H39N3O4.C5H11NO/c1-5-6-14-27(25-16-17-29(39-3)30(22-25)40-4)36-32(37)26-13-10-15-28(31(26)33(36)38)35-20-18-34(19-21-35)23(2)24-11-8-7-9-12-24;1-5(7)4-6(2)3/h7-13,15-17,22-23,27H,5-6,14,18-21H2,1-4H3;4H2,1-3H3/t23-,27-;/m1./s1. The van der Waals surface area contributed by atoms with E-state index >= 15 is 0 Å². The summed E-state index contributed by atoms with van der Waals surface area (Å²) >= 11 is 0. The number of carbonyl (C=O) groups excluding carboxylic acids is 3. The van der Waals surface area contributed by atoms with E-state index in [-0.39, 0.29) is 23.6 Å². The molecule has 3 aromatic rings. The maximum absolute atomic E-state index is 14.1. The molecule has 2 atom stereocenters. The predicted molar refractivity (Wildman–Crippen MR) is 187 cm³/mol. The molecule has 0 radical (unpaired) electrons. The number of nitrogens with zero attached hydrogens (tertiary/aromatic N) is 4. The number of methoxy groups -OCH3 is 2. The van der Waals surface area contributed by atoms with Gasteiger partial charge in [-0.1, -0.05) is 62.2 Å². The number of carbonyl (C=O) groups is 3. The minimum absolute atomic E-state index is 0.213. The normalized spacial score (nSPS) is 16.0. The first-order chi connectivity index (χ1) is 22.6. The van der Waals surface area contributed by atoms with Crippen molar-refractivity contribution in [1.82, 2.24) is 14.7 Å². The molecule has 0 spiro atoms. The molecular formula is C38H50N4O5. The van der Waals surface area contributed by atoms with Crippen LogP contribution in [0, 0.1) is 0 Å². The highest BCUT2D eigenvalue weighted by molar-refractivity contribution is 6.24. The number of fused-ring (bicyclic) bond motifs is 1. The van der Waals surface area contributed by atoms with Gasteiger partial charge in [0.15, 0.2) is 11.5 Å². The third-order valence-electron chi connectivity index (χ3n) is 8.88. The van der Waals surface area contributed by atoms with Crippen LogP contribution in [0.15, 0.2) is 66.7 Å². The molecule has 2 aliphatic rings. The van der Waals surface area contributed by atoms with Crippen molar-refractivity contribution in [3.63, 3.8) is 0 Å². The number of anilines is 1. The minimum Gasteiger partial charge on any atom is -0.493 e. The molecule has 9 heteroatoms. The van der Waals surface area contributed by atoms with Crippen LogP contribution in [-0.2, 0) is 4.79 Å². The van der Waals surface area contributed by atoms with E-state index in [1.807, 2.05) is 55.4 Å². The molecule has 47 heavy (non-hydrogen) atoms. The molecule has 1 fully saturated rings. The first kappa shape index (κ1) is 35.6. The lowest BCUT2D eigenvalue weighted by atomic mass is 9.98. The number of piperazine rings is 1. The van der Waals surface area contributed by atoms with Gasteiger partial charge in [0.2, 0.25) is 0 Å². The van der Waals surface area contributed by atoms with Crippen molar-refractivity contribution in [3.8, 4) is 11.5 Å². The highest BCUT2D eigenvalue weighted by atomic mass is 16.5. The van der Waals surface area contributed by atoms with Crippen LogP contribution in [0.5, 0.6) is 11.5 Å². The van der Waals surface area contributed by atoms with Crippen molar-refractivity contribution in [2.75, 3.05) is 65.9 Å². The number of unbranched alkanes of at least 4 members (excludes halogenated alkanes) is 1. The van der Waals surface area contributed by atoms with Crippen LogP contribution in [0.1, 0.15) is 84.0 Å². The number of rotatable bonds is 12. The maximum atomic E-state index is 14.1. The average molecular weight is 643 g/mol. The van der Waals surface area contributed by atoms with Crippen molar-refractivity contribution < 1.29 is 23.9 Å². The second-order valence-corrected chi connectivity index (χ2v) is 12.5. The fourth-order valence-corrected chi connectivity index (χ4v) is 6.47. The maximum Gasteiger partial charge on any atom is 0.264 e. The van der Waals surface area contributed by atoms with E-state index in [4.69, 9.17) is 9.47 Å². The third kappa shape index (κ3) is 8.39. The van der Waals surface area contributed by atoms with Gasteiger partial charge in [0.05, 0.1) is 43.6 Å². The zero-order valence-electron chi connectivity index (χ0n) is 29.0. The zero-order valence-corrected chi connectivity index (χ0v) is 29.0. The summed E-state index contributed by atoms with van der Waals surface area (Å²) in [5.74, 6) is 0.970. The Kier molecular flexibility index (Phi) is 12.6. The van der Waals surface area contributed by atoms with Crippen LogP contribution in [0.25, 0.3) is 0 Å². The van der Waals surface area contributed by atoms with Crippen LogP contribution in [0.4, 0.5) is 5.69 Å². The zero-order chi connectivity index (χ0) is 34.1. The van der Waals surface area contributed by atoms with Gasteiger partial charge in [-0.3, -0.25) is 24.2 Å². The Bertz CT molecular complexity index is 1520. The number of hydrogen-bond donors (Lipinski definition) is 0. The predicted octanol–water partition coefficient (Wildman–Crippen LogP) is 6.25. The Labute approximate surface area is 280 Å². The van der Waals surface area contributed by atoms with E-state index < -0.39 is 0 Å². The average Bonchev–Trinajstić information content (AvgIpc) is 3.33. The smallest absolute Gasteiger partial charge is 0.264 e. The largest absolute Gasteiger partial charge is 0.493 e. The van der Waals surface area contributed by atoms with E-state index in [0.29, 0.717) is 41.6 Å². The number of benzene rings is 3. The number of imide groups is 1. The van der Waals surface area contributed by atoms with Gasteiger partial charge in [0.1, 0.15) is 5.78 Å². The minimum atomic E-state index is -0.386. The van der Waals surface area contributed by atoms with E-state index in [1.165, 1.54) is 10.5 Å². The molecule has 0 aliphatic carbocycles. The van der Waals surface area contributed by atoms with Crippen LogP contribution in [0.2, 0.25) is 0 Å². The van der Waals surface area contributed by atoms with Gasteiger partial charge in [0, 0.05) is 32.2 Å². The number of amides is 2. The summed E-state index contributed by atoms with van der Waals surface area (Å²) in [7, 11) is 6.94. The van der Waals surface area contributed by atoms with Crippen molar-refractivity contribution in [1.29, 1.82) is 0 Å². The van der Waals surface area contributed by atoms with E-state index in [9.17, 15) is 14.4 Å². The monoisotopic (exact) mass is 642 g/mol. The molecule has 0 unspecified atom stereocenters. The summed E-state index contributed by atoms with van der Waals surface area (Å²) in [6.45, 7) is 9.86. The van der Waals surface area contributed by atoms with Gasteiger partial charge in [-0.05, 0) is 69.8 Å². The lowest BCUT2D eigenvalue weighted by molar-refractivity contribution is -0.117. The van der Waals surface area contributed by atoms with Gasteiger partial charge in [-0.15, -0.1) is 0 Å². The summed E-state index contributed by atoms with van der Waals surface area (Å²) in [5.41, 5.74) is 4.04. The fraction of sp³-hybridized carbons (Fsp3) is 0.447. The Balaban J connectivity index is 0.000000644. The second-order valence-electron chi connectivity index (χ2n) is 12.5. The van der Waals surface area contributed by atoms with E-state index in [2.05, 4.69) is 47.9 Å². The van der Waals surface area contributed by atoms with Gasteiger partial charge in [0.25, 0.3) is 11.8 Å². The fourth-order valence-electron chi connectivity index (χ4n) is 6.47. The Morgan fingerprint density at radius 1 is 0.851 bits per heavy atom. The molecular weight excluding hydrogens is 592 g/mol. The SMILES string of the molecule is CC(=O)CN(C)C.CCCC[C@H](c1ccc(OC)c(OC)c1)N1C(=O)c2cccc(N3CCN([C@H](C)c4ccccc4)CC3)c2C1=O. The number of hydrogen-bond acceptors (Lipinski definition) is 8. The molecule has 9 nitrogen and oxygen atoms in total. The lowest BCUT2D eigenvalue weighted by Gasteiger charge is -2.39. The molecule has 1 saturated heterocycles. The Hall–Kier alpha value is -4.21. The van der Waals surface area contributed by atoms with Crippen LogP contribution < -0.4 is 14.4 Å². The van der Waals surface area contributed by atoms with Gasteiger partial charge < -0.3 is 19.3 Å². The Morgan fingerprint density at radius 3 is 2.11 bits per heavy atom. The molecule has 0 N–H and O–H groups in total. The van der Waals surface area contributed by atoms with Gasteiger partial charge in [-0.25, -0.2) is 0 Å². The summed E-state index contributed by atoms with van der Waals surface area (Å²) in [5, 5.41) is 0. The highest BCUT2D eigenvalue weighted by Gasteiger charge is 2.43. The topological polar surface area (TPSA) is 82.6 Å². The quantitative estimate of drug-likeness (QED) is 0.215. The lowest BCUT2D eigenvalue weighted by Crippen LogP contribution is -2.47. The van der Waals surface area contributed by atoms with Crippen molar-refractivity contribution in [2.45, 2.75) is 52.1 Å². The molecule has 2 heterocycles. The molecule has 5 rings (SSSR count). The molecule has 0 saturated carbocycles. The van der Waals surface area contributed by atoms with Crippen LogP contribution >= 0.6 is 0 Å². The Morgan fingerprint density at radius 2 is 1.53 bits per heavy atom. The summed E-state index contributed by atoms with van der Waals surface area (Å²) in [6.07, 6.45) is 2.54. The van der Waals surface area contributed by atoms with Crippen molar-refractivity contribution in [2.24, 2.45) is 0 Å². The molecule has 2 aliphatic heterocycles. The van der Waals surface area contributed by atoms with Crippen molar-refractivity contribution in [3.05, 3.63) is 89.0 Å². The van der Waals surface area contributed by atoms with Crippen LogP contribution in [0.3, 0.4) is 0 Å². The molecule has 0 aromatic heterocycles. The third-order valence-corrected chi connectivity index (χ3v) is 8.88. The van der Waals surface area contributed by atoms with E-state index in [1.54, 1.807) is 27.2 Å².